The largest absolute Gasteiger partial charge is 0.469 e. The molecule has 1 heterocycles. The molecule has 0 spiro atoms. The van der Waals surface area contributed by atoms with E-state index in [9.17, 15) is 4.79 Å². The smallest absolute Gasteiger partial charge is 0.302 e. The number of benzene rings is 1. The molecule has 0 amide bonds. The van der Waals surface area contributed by atoms with Gasteiger partial charge in [0, 0.05) is 32.7 Å². The molecule has 0 aliphatic heterocycles. The second-order valence-corrected chi connectivity index (χ2v) is 4.83. The summed E-state index contributed by atoms with van der Waals surface area (Å²) >= 11 is 0. The SMILES string of the molecule is CCN(CC)c1ccc(N=Nc2nncn2C)cc1.COC(C)=O. The number of hydrogen-bond acceptors (Lipinski definition) is 7. The molecule has 24 heavy (non-hydrogen) atoms. The monoisotopic (exact) mass is 332 g/mol. The van der Waals surface area contributed by atoms with Gasteiger partial charge in [-0.05, 0) is 38.1 Å². The molecule has 2 aromatic rings. The fraction of sp³-hybridized carbons (Fsp3) is 0.438. The number of nitrogens with zero attached hydrogens (tertiary/aromatic N) is 6. The minimum Gasteiger partial charge on any atom is -0.469 e. The van der Waals surface area contributed by atoms with E-state index in [4.69, 9.17) is 0 Å². The van der Waals surface area contributed by atoms with Crippen LogP contribution in [0, 0.1) is 0 Å². The summed E-state index contributed by atoms with van der Waals surface area (Å²) in [5.74, 6) is 0.248. The summed E-state index contributed by atoms with van der Waals surface area (Å²) in [6, 6.07) is 8.01. The zero-order valence-electron chi connectivity index (χ0n) is 14.8. The van der Waals surface area contributed by atoms with Crippen molar-refractivity contribution in [3.63, 3.8) is 0 Å². The second-order valence-electron chi connectivity index (χ2n) is 4.83. The van der Waals surface area contributed by atoms with Crippen LogP contribution in [0.25, 0.3) is 0 Å². The number of methoxy groups -OCH3 is 1. The number of rotatable bonds is 5. The molecule has 1 aromatic heterocycles. The zero-order valence-corrected chi connectivity index (χ0v) is 14.8. The van der Waals surface area contributed by atoms with Crippen LogP contribution in [0.4, 0.5) is 17.3 Å². The first-order valence-corrected chi connectivity index (χ1v) is 7.67. The van der Waals surface area contributed by atoms with E-state index in [1.165, 1.54) is 19.7 Å². The minimum absolute atomic E-state index is 0.245. The molecular formula is C16H24N6O2. The fourth-order valence-corrected chi connectivity index (χ4v) is 1.79. The summed E-state index contributed by atoms with van der Waals surface area (Å²) in [5, 5.41) is 15.8. The van der Waals surface area contributed by atoms with Gasteiger partial charge in [0.2, 0.25) is 0 Å². The Kier molecular flexibility index (Phi) is 8.10. The third-order valence-electron chi connectivity index (χ3n) is 3.21. The number of azo groups is 1. The maximum Gasteiger partial charge on any atom is 0.302 e. The van der Waals surface area contributed by atoms with Crippen molar-refractivity contribution >= 4 is 23.3 Å². The number of aryl methyl sites for hydroxylation is 1. The molecule has 0 radical (unpaired) electrons. The Bertz CT molecular complexity index is 647. The van der Waals surface area contributed by atoms with Gasteiger partial charge in [0.05, 0.1) is 12.8 Å². The Labute approximate surface area is 142 Å². The molecule has 0 aliphatic rings. The predicted molar refractivity (Wildman–Crippen MR) is 92.9 cm³/mol. The molecule has 8 nitrogen and oxygen atoms in total. The van der Waals surface area contributed by atoms with Crippen molar-refractivity contribution < 1.29 is 9.53 Å². The average Bonchev–Trinajstić information content (AvgIpc) is 3.01. The highest BCUT2D eigenvalue weighted by atomic mass is 16.5. The number of anilines is 1. The van der Waals surface area contributed by atoms with E-state index in [1.54, 1.807) is 10.9 Å². The molecule has 0 saturated carbocycles. The van der Waals surface area contributed by atoms with Crippen molar-refractivity contribution in [2.75, 3.05) is 25.1 Å². The van der Waals surface area contributed by atoms with Crippen LogP contribution in [0.2, 0.25) is 0 Å². The van der Waals surface area contributed by atoms with Crippen molar-refractivity contribution in [2.24, 2.45) is 17.3 Å². The standard InChI is InChI=1S/C13H18N6.C3H6O2/c1-4-19(5-2)12-8-6-11(7-9-12)15-17-13-16-14-10-18(13)3;1-3(4)5-2/h6-10H,4-5H2,1-3H3;1-2H3. The fourth-order valence-electron chi connectivity index (χ4n) is 1.79. The minimum atomic E-state index is -0.245. The maximum atomic E-state index is 9.59. The lowest BCUT2D eigenvalue weighted by molar-refractivity contribution is -0.137. The number of esters is 1. The van der Waals surface area contributed by atoms with Crippen LogP contribution < -0.4 is 4.90 Å². The number of carbonyl (C=O) groups is 1. The van der Waals surface area contributed by atoms with Crippen LogP contribution in [-0.4, -0.2) is 40.9 Å². The number of aromatic nitrogens is 3. The van der Waals surface area contributed by atoms with E-state index in [-0.39, 0.29) is 5.97 Å². The third-order valence-corrected chi connectivity index (χ3v) is 3.21. The molecule has 1 aromatic carbocycles. The van der Waals surface area contributed by atoms with Gasteiger partial charge in [0.15, 0.2) is 0 Å². The van der Waals surface area contributed by atoms with Gasteiger partial charge in [0.25, 0.3) is 5.95 Å². The predicted octanol–water partition coefficient (Wildman–Crippen LogP) is 3.26. The summed E-state index contributed by atoms with van der Waals surface area (Å²) in [6.45, 7) is 7.64. The lowest BCUT2D eigenvalue weighted by Gasteiger charge is -2.20. The van der Waals surface area contributed by atoms with Gasteiger partial charge in [-0.25, -0.2) is 0 Å². The molecule has 0 saturated heterocycles. The molecule has 130 valence electrons. The van der Waals surface area contributed by atoms with Crippen molar-refractivity contribution in [1.82, 2.24) is 14.8 Å². The van der Waals surface area contributed by atoms with Crippen molar-refractivity contribution in [1.29, 1.82) is 0 Å². The summed E-state index contributed by atoms with van der Waals surface area (Å²) in [5.41, 5.74) is 2.00. The summed E-state index contributed by atoms with van der Waals surface area (Å²) in [7, 11) is 3.18. The van der Waals surface area contributed by atoms with Gasteiger partial charge in [-0.2, -0.15) is 0 Å². The lowest BCUT2D eigenvalue weighted by atomic mass is 10.2. The molecule has 0 unspecified atom stereocenters. The lowest BCUT2D eigenvalue weighted by Crippen LogP contribution is -2.21. The molecule has 0 atom stereocenters. The van der Waals surface area contributed by atoms with Crippen molar-refractivity contribution in [3.8, 4) is 0 Å². The van der Waals surface area contributed by atoms with E-state index < -0.39 is 0 Å². The topological polar surface area (TPSA) is 85.0 Å². The van der Waals surface area contributed by atoms with E-state index >= 15 is 0 Å². The van der Waals surface area contributed by atoms with Gasteiger partial charge in [-0.1, -0.05) is 0 Å². The van der Waals surface area contributed by atoms with Crippen LogP contribution in [-0.2, 0) is 16.6 Å². The molecule has 0 aliphatic carbocycles. The van der Waals surface area contributed by atoms with E-state index in [2.05, 4.69) is 56.0 Å². The van der Waals surface area contributed by atoms with Crippen LogP contribution in [0.15, 0.2) is 40.8 Å². The normalized spacial score (nSPS) is 10.2. The summed E-state index contributed by atoms with van der Waals surface area (Å²) in [4.78, 5) is 11.9. The van der Waals surface area contributed by atoms with Gasteiger partial charge >= 0.3 is 5.97 Å². The first-order valence-electron chi connectivity index (χ1n) is 7.67. The van der Waals surface area contributed by atoms with E-state index in [0.717, 1.165) is 18.8 Å². The summed E-state index contributed by atoms with van der Waals surface area (Å²) < 4.78 is 5.83. The molecule has 0 bridgehead atoms. The molecular weight excluding hydrogens is 308 g/mol. The number of hydrogen-bond donors (Lipinski definition) is 0. The molecule has 0 N–H and O–H groups in total. The van der Waals surface area contributed by atoms with E-state index in [0.29, 0.717) is 5.95 Å². The Morgan fingerprint density at radius 3 is 2.21 bits per heavy atom. The quantitative estimate of drug-likeness (QED) is 0.620. The summed E-state index contributed by atoms with van der Waals surface area (Å²) in [6.07, 6.45) is 1.60. The van der Waals surface area contributed by atoms with Crippen molar-refractivity contribution in [2.45, 2.75) is 20.8 Å². The van der Waals surface area contributed by atoms with Gasteiger partial charge in [-0.15, -0.1) is 20.4 Å². The first kappa shape index (κ1) is 19.3. The first-order chi connectivity index (χ1) is 11.5. The number of ether oxygens (including phenoxy) is 1. The van der Waals surface area contributed by atoms with Crippen LogP contribution in [0.3, 0.4) is 0 Å². The van der Waals surface area contributed by atoms with Crippen LogP contribution in [0.1, 0.15) is 20.8 Å². The number of carbonyl (C=O) groups excluding carboxylic acids is 1. The highest BCUT2D eigenvalue weighted by Crippen LogP contribution is 2.21. The Balaban J connectivity index is 0.000000505. The van der Waals surface area contributed by atoms with E-state index in [1.807, 2.05) is 19.2 Å². The van der Waals surface area contributed by atoms with Crippen LogP contribution in [0.5, 0.6) is 0 Å². The highest BCUT2D eigenvalue weighted by Gasteiger charge is 2.01. The van der Waals surface area contributed by atoms with Gasteiger partial charge in [0.1, 0.15) is 6.33 Å². The molecule has 2 rings (SSSR count). The second kappa shape index (κ2) is 10.1. The average molecular weight is 332 g/mol. The molecule has 8 heteroatoms. The Hall–Kier alpha value is -2.77. The van der Waals surface area contributed by atoms with Crippen LogP contribution >= 0.6 is 0 Å². The third kappa shape index (κ3) is 6.15. The maximum absolute atomic E-state index is 9.59. The molecule has 0 fully saturated rings. The van der Waals surface area contributed by atoms with Gasteiger partial charge in [-0.3, -0.25) is 4.79 Å². The zero-order chi connectivity index (χ0) is 17.9. The van der Waals surface area contributed by atoms with Crippen molar-refractivity contribution in [3.05, 3.63) is 30.6 Å². The Morgan fingerprint density at radius 1 is 1.21 bits per heavy atom. The highest BCUT2D eigenvalue weighted by molar-refractivity contribution is 5.65. The Morgan fingerprint density at radius 2 is 1.79 bits per heavy atom. The van der Waals surface area contributed by atoms with Gasteiger partial charge < -0.3 is 14.2 Å².